The van der Waals surface area contributed by atoms with Crippen LogP contribution in [0.3, 0.4) is 0 Å². The van der Waals surface area contributed by atoms with Crippen LogP contribution < -0.4 is 10.2 Å². The average Bonchev–Trinajstić information content (AvgIpc) is 3.33. The second-order valence-electron chi connectivity index (χ2n) is 8.09. The zero-order valence-corrected chi connectivity index (χ0v) is 17.3. The number of carbonyl (C=O) groups excluding carboxylic acids is 3. The molecule has 1 spiro atoms. The Morgan fingerprint density at radius 1 is 1.10 bits per heavy atom. The van der Waals surface area contributed by atoms with Crippen LogP contribution in [0, 0.1) is 5.41 Å². The van der Waals surface area contributed by atoms with E-state index in [0.717, 1.165) is 4.90 Å². The molecule has 2 aromatic rings. The molecule has 2 aliphatic heterocycles. The van der Waals surface area contributed by atoms with Gasteiger partial charge in [0.2, 0.25) is 0 Å². The number of benzene rings is 2. The number of anilines is 2. The molecule has 2 heterocycles. The molecule has 0 saturated heterocycles. The van der Waals surface area contributed by atoms with Gasteiger partial charge in [-0.05, 0) is 43.2 Å². The Morgan fingerprint density at radius 2 is 1.80 bits per heavy atom. The Morgan fingerprint density at radius 3 is 2.47 bits per heavy atom. The van der Waals surface area contributed by atoms with Crippen LogP contribution in [0.25, 0.3) is 0 Å². The topological polar surface area (TPSA) is 86.7 Å². The number of nitrogens with zero attached hydrogens (tertiary/aromatic N) is 1. The van der Waals surface area contributed by atoms with Crippen LogP contribution in [-0.2, 0) is 19.9 Å². The maximum Gasteiger partial charge on any atom is 0.295 e. The van der Waals surface area contributed by atoms with Gasteiger partial charge < -0.3 is 10.4 Å². The minimum atomic E-state index is -1.84. The minimum Gasteiger partial charge on any atom is -0.503 e. The van der Waals surface area contributed by atoms with Crippen molar-refractivity contribution in [2.75, 3.05) is 10.2 Å². The van der Waals surface area contributed by atoms with Gasteiger partial charge in [0, 0.05) is 32.4 Å². The molecule has 2 N–H and O–H groups in total. The average molecular weight is 443 g/mol. The maximum absolute atomic E-state index is 13.5. The van der Waals surface area contributed by atoms with Gasteiger partial charge in [-0.2, -0.15) is 0 Å². The molecule has 6 nitrogen and oxygen atoms in total. The van der Waals surface area contributed by atoms with Crippen molar-refractivity contribution in [1.29, 1.82) is 0 Å². The molecule has 1 fully saturated rings. The van der Waals surface area contributed by atoms with Gasteiger partial charge in [-0.1, -0.05) is 42.3 Å². The second kappa shape index (κ2) is 6.09. The molecule has 0 bridgehead atoms. The van der Waals surface area contributed by atoms with Crippen molar-refractivity contribution in [3.05, 3.63) is 69.4 Å². The van der Waals surface area contributed by atoms with Crippen LogP contribution in [0.2, 0.25) is 10.0 Å². The summed E-state index contributed by atoms with van der Waals surface area (Å²) >= 11 is 12.2. The number of Topliss-reactive ketones (excluding diaryl/α,β-unsaturated/α-hetero) is 1. The summed E-state index contributed by atoms with van der Waals surface area (Å²) in [5.41, 5.74) is -1.70. The number of ketones is 1. The minimum absolute atomic E-state index is 0.203. The normalized spacial score (nSPS) is 23.8. The molecule has 0 radical (unpaired) electrons. The van der Waals surface area contributed by atoms with E-state index < -0.39 is 34.3 Å². The summed E-state index contributed by atoms with van der Waals surface area (Å²) in [7, 11) is 0. The summed E-state index contributed by atoms with van der Waals surface area (Å²) in [5, 5.41) is 14.3. The summed E-state index contributed by atoms with van der Waals surface area (Å²) < 4.78 is 0. The van der Waals surface area contributed by atoms with E-state index in [-0.39, 0.29) is 5.57 Å². The van der Waals surface area contributed by atoms with E-state index in [4.69, 9.17) is 23.2 Å². The third kappa shape index (κ3) is 2.35. The molecule has 1 aliphatic carbocycles. The van der Waals surface area contributed by atoms with Crippen molar-refractivity contribution in [3.63, 3.8) is 0 Å². The van der Waals surface area contributed by atoms with Gasteiger partial charge in [-0.25, -0.2) is 0 Å². The third-order valence-electron chi connectivity index (χ3n) is 6.13. The zero-order chi connectivity index (χ0) is 21.4. The molecular weight excluding hydrogens is 427 g/mol. The van der Waals surface area contributed by atoms with E-state index in [1.807, 2.05) is 0 Å². The molecule has 1 saturated carbocycles. The lowest BCUT2D eigenvalue weighted by Gasteiger charge is -2.35. The molecule has 2 amide bonds. The fourth-order valence-corrected chi connectivity index (χ4v) is 4.66. The van der Waals surface area contributed by atoms with Crippen LogP contribution in [0.5, 0.6) is 0 Å². The first-order chi connectivity index (χ1) is 14.2. The Balaban J connectivity index is 1.84. The SMILES string of the molecule is CC1(C(=O)C2=C(O)C(=O)N(c3cccc(Cl)c3)C23C(=O)Nc2cc(Cl)ccc23)CC1. The van der Waals surface area contributed by atoms with Gasteiger partial charge in [-0.3, -0.25) is 19.3 Å². The second-order valence-corrected chi connectivity index (χ2v) is 8.96. The van der Waals surface area contributed by atoms with Crippen molar-refractivity contribution in [3.8, 4) is 0 Å². The fourth-order valence-electron chi connectivity index (χ4n) is 4.30. The molecule has 2 aromatic carbocycles. The molecule has 0 aromatic heterocycles. The number of carbonyl (C=O) groups is 3. The molecule has 5 rings (SSSR count). The highest BCUT2D eigenvalue weighted by Gasteiger charge is 2.66. The standard InChI is InChI=1S/C22H16Cl2N2O4/c1-21(7-8-21)18(28)16-17(27)19(29)26(13-4-2-3-11(23)9-13)22(16)14-6-5-12(24)10-15(14)25-20(22)30/h2-6,9-10,27H,7-8H2,1H3,(H,25,30). The first kappa shape index (κ1) is 19.2. The first-order valence-corrected chi connectivity index (χ1v) is 10.2. The quantitative estimate of drug-likeness (QED) is 0.738. The molecule has 1 unspecified atom stereocenters. The lowest BCUT2D eigenvalue weighted by molar-refractivity contribution is -0.125. The predicted octanol–water partition coefficient (Wildman–Crippen LogP) is 4.37. The van der Waals surface area contributed by atoms with Gasteiger partial charge in [0.05, 0.1) is 5.57 Å². The third-order valence-corrected chi connectivity index (χ3v) is 6.60. The van der Waals surface area contributed by atoms with Crippen molar-refractivity contribution in [2.24, 2.45) is 5.41 Å². The zero-order valence-electron chi connectivity index (χ0n) is 15.8. The van der Waals surface area contributed by atoms with Crippen LogP contribution in [0.15, 0.2) is 53.8 Å². The van der Waals surface area contributed by atoms with Crippen LogP contribution in [0.4, 0.5) is 11.4 Å². The van der Waals surface area contributed by atoms with Gasteiger partial charge in [0.15, 0.2) is 17.1 Å². The first-order valence-electron chi connectivity index (χ1n) is 9.40. The number of hydrogen-bond acceptors (Lipinski definition) is 4. The van der Waals surface area contributed by atoms with E-state index in [9.17, 15) is 19.5 Å². The van der Waals surface area contributed by atoms with E-state index in [1.54, 1.807) is 43.3 Å². The monoisotopic (exact) mass is 442 g/mol. The number of aliphatic hydroxyl groups is 1. The number of hydrogen-bond donors (Lipinski definition) is 2. The summed E-state index contributed by atoms with van der Waals surface area (Å²) in [6, 6.07) is 11.1. The largest absolute Gasteiger partial charge is 0.503 e. The molecule has 8 heteroatoms. The van der Waals surface area contributed by atoms with E-state index in [1.165, 1.54) is 6.07 Å². The predicted molar refractivity (Wildman–Crippen MR) is 113 cm³/mol. The Labute approximate surface area is 182 Å². The van der Waals surface area contributed by atoms with Gasteiger partial charge >= 0.3 is 0 Å². The molecule has 30 heavy (non-hydrogen) atoms. The number of aliphatic hydroxyl groups excluding tert-OH is 1. The Bertz CT molecular complexity index is 1200. The molecule has 1 atom stereocenters. The van der Waals surface area contributed by atoms with Crippen molar-refractivity contribution >= 4 is 52.2 Å². The highest BCUT2D eigenvalue weighted by molar-refractivity contribution is 6.33. The van der Waals surface area contributed by atoms with Crippen LogP contribution in [-0.4, -0.2) is 22.7 Å². The fraction of sp³-hybridized carbons (Fsp3) is 0.227. The van der Waals surface area contributed by atoms with Crippen LogP contribution >= 0.6 is 23.2 Å². The Hall–Kier alpha value is -2.83. The van der Waals surface area contributed by atoms with E-state index in [0.29, 0.717) is 39.8 Å². The summed E-state index contributed by atoms with van der Waals surface area (Å²) in [5.74, 6) is -2.56. The number of nitrogens with one attached hydrogen (secondary N) is 1. The van der Waals surface area contributed by atoms with Gasteiger partial charge in [-0.15, -0.1) is 0 Å². The van der Waals surface area contributed by atoms with Gasteiger partial charge in [0.1, 0.15) is 0 Å². The smallest absolute Gasteiger partial charge is 0.295 e. The van der Waals surface area contributed by atoms with Crippen molar-refractivity contribution in [2.45, 2.75) is 25.3 Å². The molecular formula is C22H16Cl2N2O4. The number of fused-ring (bicyclic) bond motifs is 2. The number of halogens is 2. The lowest BCUT2D eigenvalue weighted by atomic mass is 9.78. The maximum atomic E-state index is 13.5. The summed E-state index contributed by atoms with van der Waals surface area (Å²) in [4.78, 5) is 41.4. The summed E-state index contributed by atoms with van der Waals surface area (Å²) in [6.45, 7) is 1.77. The number of amides is 2. The van der Waals surface area contributed by atoms with E-state index >= 15 is 0 Å². The summed E-state index contributed by atoms with van der Waals surface area (Å²) in [6.07, 6.45) is 1.25. The molecule has 152 valence electrons. The molecule has 3 aliphatic rings. The number of rotatable bonds is 3. The van der Waals surface area contributed by atoms with Crippen molar-refractivity contribution in [1.82, 2.24) is 0 Å². The highest BCUT2D eigenvalue weighted by Crippen LogP contribution is 2.57. The van der Waals surface area contributed by atoms with Crippen molar-refractivity contribution < 1.29 is 19.5 Å². The highest BCUT2D eigenvalue weighted by atomic mass is 35.5. The Kier molecular flexibility index (Phi) is 3.89. The van der Waals surface area contributed by atoms with Crippen LogP contribution in [0.1, 0.15) is 25.3 Å². The van der Waals surface area contributed by atoms with Gasteiger partial charge in [0.25, 0.3) is 11.8 Å². The van der Waals surface area contributed by atoms with E-state index in [2.05, 4.69) is 5.32 Å². The lowest BCUT2D eigenvalue weighted by Crippen LogP contribution is -2.52.